The van der Waals surface area contributed by atoms with Gasteiger partial charge in [-0.05, 0) is 70.1 Å². The monoisotopic (exact) mass is 478 g/mol. The molecule has 1 saturated heterocycles. The van der Waals surface area contributed by atoms with Crippen LogP contribution in [0.2, 0.25) is 0 Å². The van der Waals surface area contributed by atoms with Crippen molar-refractivity contribution in [2.75, 3.05) is 6.54 Å². The van der Waals surface area contributed by atoms with Crippen molar-refractivity contribution in [3.8, 4) is 29.7 Å². The van der Waals surface area contributed by atoms with E-state index >= 15 is 0 Å². The zero-order chi connectivity index (χ0) is 25.6. The van der Waals surface area contributed by atoms with E-state index in [2.05, 4.69) is 44.5 Å². The maximum atomic E-state index is 13.2. The Kier molecular flexibility index (Phi) is 6.10. The fraction of sp³-hybridized carbons (Fsp3) is 0.414. The van der Waals surface area contributed by atoms with Gasteiger partial charge in [-0.3, -0.25) is 4.79 Å². The van der Waals surface area contributed by atoms with Gasteiger partial charge in [-0.1, -0.05) is 12.0 Å². The molecule has 0 aromatic carbocycles. The minimum Gasteiger partial charge on any atom is -0.328 e. The summed E-state index contributed by atoms with van der Waals surface area (Å²) in [5.74, 6) is 2.69. The van der Waals surface area contributed by atoms with Crippen LogP contribution in [0.25, 0.3) is 27.9 Å². The third kappa shape index (κ3) is 3.76. The van der Waals surface area contributed by atoms with Crippen molar-refractivity contribution < 1.29 is 4.79 Å². The summed E-state index contributed by atoms with van der Waals surface area (Å²) in [5.41, 5.74) is 8.80. The number of rotatable bonds is 3. The van der Waals surface area contributed by atoms with E-state index in [4.69, 9.17) is 6.42 Å². The summed E-state index contributed by atoms with van der Waals surface area (Å²) < 4.78 is 2.13. The molecule has 36 heavy (non-hydrogen) atoms. The van der Waals surface area contributed by atoms with E-state index in [1.165, 1.54) is 5.57 Å². The summed E-state index contributed by atoms with van der Waals surface area (Å²) in [6.45, 7) is 6.76. The molecule has 0 saturated carbocycles. The number of aryl methyl sites for hydroxylation is 4. The number of hydrogen-bond donors (Lipinski definition) is 0. The Morgan fingerprint density at radius 3 is 2.64 bits per heavy atom. The van der Waals surface area contributed by atoms with Crippen LogP contribution in [0.4, 0.5) is 0 Å². The predicted molar refractivity (Wildman–Crippen MR) is 140 cm³/mol. The molecule has 1 fully saturated rings. The first-order valence-corrected chi connectivity index (χ1v) is 12.5. The number of aromatic nitrogens is 4. The first kappa shape index (κ1) is 23.8. The number of amides is 1. The largest absolute Gasteiger partial charge is 0.328 e. The van der Waals surface area contributed by atoms with E-state index in [0.29, 0.717) is 18.7 Å². The number of allylic oxidation sites excluding steroid dienone is 2. The summed E-state index contributed by atoms with van der Waals surface area (Å²) in [6, 6.07) is 3.97. The van der Waals surface area contributed by atoms with Gasteiger partial charge in [0.05, 0.1) is 17.5 Å². The highest BCUT2D eigenvalue weighted by atomic mass is 16.2. The topological polar surface area (TPSA) is 87.7 Å². The van der Waals surface area contributed by atoms with E-state index in [-0.39, 0.29) is 17.9 Å². The van der Waals surface area contributed by atoms with Crippen molar-refractivity contribution in [2.45, 2.75) is 58.9 Å². The van der Waals surface area contributed by atoms with Gasteiger partial charge in [0.2, 0.25) is 5.91 Å². The number of pyridine rings is 1. The molecule has 7 nitrogen and oxygen atoms in total. The fourth-order valence-corrected chi connectivity index (χ4v) is 5.95. The van der Waals surface area contributed by atoms with Crippen LogP contribution in [-0.4, -0.2) is 42.9 Å². The molecule has 182 valence electrons. The van der Waals surface area contributed by atoms with Crippen molar-refractivity contribution >= 4 is 22.5 Å². The second-order valence-corrected chi connectivity index (χ2v) is 9.89. The molecule has 3 aromatic rings. The molecule has 4 heterocycles. The number of likely N-dealkylation sites (tertiary alicyclic amines) is 1. The van der Waals surface area contributed by atoms with Gasteiger partial charge in [0, 0.05) is 41.7 Å². The van der Waals surface area contributed by atoms with Gasteiger partial charge >= 0.3 is 0 Å². The average Bonchev–Trinajstić information content (AvgIpc) is 3.47. The zero-order valence-electron chi connectivity index (χ0n) is 21.3. The maximum Gasteiger partial charge on any atom is 0.227 e. The van der Waals surface area contributed by atoms with Crippen molar-refractivity contribution in [2.24, 2.45) is 13.0 Å². The lowest BCUT2D eigenvalue weighted by atomic mass is 9.83. The van der Waals surface area contributed by atoms with Crippen LogP contribution in [0.3, 0.4) is 0 Å². The van der Waals surface area contributed by atoms with Crippen molar-refractivity contribution in [1.82, 2.24) is 24.4 Å². The standard InChI is InChI=1S/C29H30N6O/c1-6-22-14-17(2)24(19(4)33-22)27-26(25-18(3)31-16-32-28(25)34(27)5)20-9-11-21(12-10-20)29(36)35-13-7-8-23(35)15-30/h1,9,14,16,21,23H,7-8,10-13H2,2-5H3. The number of carbonyl (C=O) groups is 1. The Morgan fingerprint density at radius 2 is 1.97 bits per heavy atom. The first-order chi connectivity index (χ1) is 17.3. The molecule has 0 spiro atoms. The van der Waals surface area contributed by atoms with Crippen LogP contribution >= 0.6 is 0 Å². The normalized spacial score (nSPS) is 19.7. The average molecular weight is 479 g/mol. The lowest BCUT2D eigenvalue weighted by Gasteiger charge is -2.28. The number of nitriles is 1. The van der Waals surface area contributed by atoms with Crippen LogP contribution in [0.5, 0.6) is 0 Å². The van der Waals surface area contributed by atoms with E-state index < -0.39 is 0 Å². The highest BCUT2D eigenvalue weighted by molar-refractivity contribution is 6.01. The molecule has 2 atom stereocenters. The van der Waals surface area contributed by atoms with Gasteiger partial charge in [0.25, 0.3) is 0 Å². The molecular weight excluding hydrogens is 448 g/mol. The Hall–Kier alpha value is -3.97. The summed E-state index contributed by atoms with van der Waals surface area (Å²) in [7, 11) is 2.03. The third-order valence-corrected chi connectivity index (χ3v) is 7.71. The summed E-state index contributed by atoms with van der Waals surface area (Å²) >= 11 is 0. The zero-order valence-corrected chi connectivity index (χ0v) is 21.3. The first-order valence-electron chi connectivity index (χ1n) is 12.5. The SMILES string of the molecule is C#Cc1cc(C)c(-c2c(C3=CCC(C(=O)N4CCCC4C#N)CC3)c3c(C)ncnc3n2C)c(C)n1. The number of nitrogens with zero attached hydrogens (tertiary/aromatic N) is 6. The van der Waals surface area contributed by atoms with Gasteiger partial charge in [0.15, 0.2) is 0 Å². The Balaban J connectivity index is 1.61. The van der Waals surface area contributed by atoms with Gasteiger partial charge in [-0.15, -0.1) is 6.42 Å². The highest BCUT2D eigenvalue weighted by Crippen LogP contribution is 2.44. The van der Waals surface area contributed by atoms with Crippen molar-refractivity contribution in [3.05, 3.63) is 46.7 Å². The quantitative estimate of drug-likeness (QED) is 0.512. The Labute approximate surface area is 211 Å². The molecule has 0 N–H and O–H groups in total. The Bertz CT molecular complexity index is 1480. The van der Waals surface area contributed by atoms with Crippen molar-refractivity contribution in [3.63, 3.8) is 0 Å². The minimum atomic E-state index is -0.281. The fourth-order valence-electron chi connectivity index (χ4n) is 5.95. The van der Waals surface area contributed by atoms with Crippen LogP contribution in [0.15, 0.2) is 18.5 Å². The molecule has 7 heteroatoms. The molecule has 0 bridgehead atoms. The number of fused-ring (bicyclic) bond motifs is 1. The maximum absolute atomic E-state index is 13.2. The minimum absolute atomic E-state index is 0.0847. The molecule has 2 unspecified atom stereocenters. The number of terminal acetylenes is 1. The lowest BCUT2D eigenvalue weighted by molar-refractivity contribution is -0.135. The summed E-state index contributed by atoms with van der Waals surface area (Å²) in [6.07, 6.45) is 13.3. The third-order valence-electron chi connectivity index (χ3n) is 7.71. The van der Waals surface area contributed by atoms with Gasteiger partial charge in [-0.25, -0.2) is 15.0 Å². The van der Waals surface area contributed by atoms with Crippen LogP contribution < -0.4 is 0 Å². The van der Waals surface area contributed by atoms with Gasteiger partial charge < -0.3 is 9.47 Å². The molecule has 1 aliphatic heterocycles. The van der Waals surface area contributed by atoms with E-state index in [0.717, 1.165) is 70.5 Å². The van der Waals surface area contributed by atoms with E-state index in [1.54, 1.807) is 11.2 Å². The Morgan fingerprint density at radius 1 is 1.17 bits per heavy atom. The van der Waals surface area contributed by atoms with Gasteiger partial charge in [0.1, 0.15) is 23.7 Å². The van der Waals surface area contributed by atoms with Crippen LogP contribution in [0.1, 0.15) is 60.3 Å². The van der Waals surface area contributed by atoms with Crippen LogP contribution in [0, 0.1) is 50.4 Å². The summed E-state index contributed by atoms with van der Waals surface area (Å²) in [5, 5.41) is 10.5. The molecular formula is C29H30N6O. The molecule has 1 amide bonds. The van der Waals surface area contributed by atoms with E-state index in [9.17, 15) is 10.1 Å². The summed E-state index contributed by atoms with van der Waals surface area (Å²) in [4.78, 5) is 28.8. The highest BCUT2D eigenvalue weighted by Gasteiger charge is 2.35. The lowest BCUT2D eigenvalue weighted by Crippen LogP contribution is -2.39. The molecule has 2 aliphatic rings. The second-order valence-electron chi connectivity index (χ2n) is 9.89. The molecule has 5 rings (SSSR count). The van der Waals surface area contributed by atoms with Crippen molar-refractivity contribution in [1.29, 1.82) is 5.26 Å². The molecule has 3 aromatic heterocycles. The smallest absolute Gasteiger partial charge is 0.227 e. The van der Waals surface area contributed by atoms with E-state index in [1.807, 2.05) is 27.0 Å². The number of carbonyl (C=O) groups excluding carboxylic acids is 1. The second kappa shape index (κ2) is 9.24. The van der Waals surface area contributed by atoms with Gasteiger partial charge in [-0.2, -0.15) is 5.26 Å². The van der Waals surface area contributed by atoms with Crippen LogP contribution in [-0.2, 0) is 11.8 Å². The molecule has 0 radical (unpaired) electrons. The number of hydrogen-bond acceptors (Lipinski definition) is 5. The predicted octanol–water partition coefficient (Wildman–Crippen LogP) is 4.63. The molecule has 1 aliphatic carbocycles.